The zero-order valence-corrected chi connectivity index (χ0v) is 19.0. The van der Waals surface area contributed by atoms with E-state index in [1.165, 1.54) is 42.4 Å². The predicted octanol–water partition coefficient (Wildman–Crippen LogP) is 6.34. The summed E-state index contributed by atoms with van der Waals surface area (Å²) in [6.07, 6.45) is 10.5. The van der Waals surface area contributed by atoms with E-state index in [0.29, 0.717) is 6.61 Å². The summed E-state index contributed by atoms with van der Waals surface area (Å²) in [7, 11) is 0. The molecule has 2 aromatic carbocycles. The average molecular weight is 420 g/mol. The SMILES string of the molecule is CCOC(=O)[C@@H]1CCCN(CCCCCCC=C(c2ccccc2)c2ccccc2)C1. The zero-order chi connectivity index (χ0) is 21.7. The lowest BCUT2D eigenvalue weighted by Crippen LogP contribution is -2.39. The molecule has 1 fully saturated rings. The summed E-state index contributed by atoms with van der Waals surface area (Å²) >= 11 is 0. The maximum absolute atomic E-state index is 12.0. The number of benzene rings is 2. The first-order chi connectivity index (χ1) is 15.3. The summed E-state index contributed by atoms with van der Waals surface area (Å²) < 4.78 is 5.21. The van der Waals surface area contributed by atoms with Gasteiger partial charge in [-0.15, -0.1) is 0 Å². The first-order valence-corrected chi connectivity index (χ1v) is 12.0. The van der Waals surface area contributed by atoms with Gasteiger partial charge in [0.2, 0.25) is 0 Å². The van der Waals surface area contributed by atoms with E-state index >= 15 is 0 Å². The van der Waals surface area contributed by atoms with Crippen LogP contribution in [-0.2, 0) is 9.53 Å². The molecule has 3 nitrogen and oxygen atoms in total. The van der Waals surface area contributed by atoms with Crippen molar-refractivity contribution in [3.8, 4) is 0 Å². The van der Waals surface area contributed by atoms with E-state index in [2.05, 4.69) is 71.6 Å². The highest BCUT2D eigenvalue weighted by Gasteiger charge is 2.26. The van der Waals surface area contributed by atoms with Gasteiger partial charge in [0, 0.05) is 6.54 Å². The third-order valence-corrected chi connectivity index (χ3v) is 6.07. The highest BCUT2D eigenvalue weighted by atomic mass is 16.5. The van der Waals surface area contributed by atoms with Gasteiger partial charge < -0.3 is 9.64 Å². The molecular formula is C28H37NO2. The van der Waals surface area contributed by atoms with E-state index in [4.69, 9.17) is 4.74 Å². The summed E-state index contributed by atoms with van der Waals surface area (Å²) in [4.78, 5) is 14.4. The first kappa shape index (κ1) is 23.3. The molecular weight excluding hydrogens is 382 g/mol. The zero-order valence-electron chi connectivity index (χ0n) is 19.0. The smallest absolute Gasteiger partial charge is 0.310 e. The monoisotopic (exact) mass is 419 g/mol. The second kappa shape index (κ2) is 13.1. The van der Waals surface area contributed by atoms with Crippen molar-refractivity contribution in [3.63, 3.8) is 0 Å². The lowest BCUT2D eigenvalue weighted by molar-refractivity contribution is -0.149. The Kier molecular flexibility index (Phi) is 9.85. The number of hydrogen-bond acceptors (Lipinski definition) is 3. The van der Waals surface area contributed by atoms with Crippen LogP contribution in [-0.4, -0.2) is 37.1 Å². The normalized spacial score (nSPS) is 16.6. The summed E-state index contributed by atoms with van der Waals surface area (Å²) in [6, 6.07) is 21.4. The Hall–Kier alpha value is -2.39. The van der Waals surface area contributed by atoms with Crippen LogP contribution in [0.5, 0.6) is 0 Å². The topological polar surface area (TPSA) is 29.5 Å². The fourth-order valence-electron chi connectivity index (χ4n) is 4.43. The third kappa shape index (κ3) is 7.66. The largest absolute Gasteiger partial charge is 0.466 e. The average Bonchev–Trinajstić information content (AvgIpc) is 2.82. The van der Waals surface area contributed by atoms with Crippen molar-refractivity contribution in [2.45, 2.75) is 51.9 Å². The van der Waals surface area contributed by atoms with Crippen LogP contribution in [0.4, 0.5) is 0 Å². The van der Waals surface area contributed by atoms with Gasteiger partial charge in [-0.3, -0.25) is 4.79 Å². The minimum Gasteiger partial charge on any atom is -0.466 e. The molecule has 3 rings (SSSR count). The van der Waals surface area contributed by atoms with Crippen molar-refractivity contribution in [2.75, 3.05) is 26.2 Å². The van der Waals surface area contributed by atoms with Crippen LogP contribution < -0.4 is 0 Å². The summed E-state index contributed by atoms with van der Waals surface area (Å²) in [5.41, 5.74) is 3.91. The number of piperidine rings is 1. The van der Waals surface area contributed by atoms with Gasteiger partial charge in [-0.25, -0.2) is 0 Å². The Bertz CT molecular complexity index is 759. The molecule has 0 saturated carbocycles. The highest BCUT2D eigenvalue weighted by molar-refractivity contribution is 5.79. The van der Waals surface area contributed by atoms with Crippen molar-refractivity contribution in [3.05, 3.63) is 77.9 Å². The third-order valence-electron chi connectivity index (χ3n) is 6.07. The van der Waals surface area contributed by atoms with Gasteiger partial charge in [-0.1, -0.05) is 79.6 Å². The van der Waals surface area contributed by atoms with Crippen LogP contribution in [0.2, 0.25) is 0 Å². The molecule has 0 aromatic heterocycles. The van der Waals surface area contributed by atoms with E-state index in [0.717, 1.165) is 38.9 Å². The van der Waals surface area contributed by atoms with Crippen LogP contribution in [0.15, 0.2) is 66.7 Å². The van der Waals surface area contributed by atoms with Crippen LogP contribution >= 0.6 is 0 Å². The maximum Gasteiger partial charge on any atom is 0.310 e. The molecule has 166 valence electrons. The molecule has 1 atom stereocenters. The minimum absolute atomic E-state index is 0.00776. The lowest BCUT2D eigenvalue weighted by Gasteiger charge is -2.31. The number of ether oxygens (including phenoxy) is 1. The number of allylic oxidation sites excluding steroid dienone is 1. The maximum atomic E-state index is 12.0. The van der Waals surface area contributed by atoms with Crippen LogP contribution in [0.25, 0.3) is 5.57 Å². The van der Waals surface area contributed by atoms with Crippen LogP contribution in [0, 0.1) is 5.92 Å². The Morgan fingerprint density at radius 2 is 1.61 bits per heavy atom. The fraction of sp³-hybridized carbons (Fsp3) is 0.464. The Balaban J connectivity index is 1.40. The summed E-state index contributed by atoms with van der Waals surface area (Å²) in [6.45, 7) is 5.47. The molecule has 31 heavy (non-hydrogen) atoms. The Morgan fingerprint density at radius 3 is 2.26 bits per heavy atom. The van der Waals surface area contributed by atoms with Gasteiger partial charge in [0.05, 0.1) is 12.5 Å². The van der Waals surface area contributed by atoms with Crippen molar-refractivity contribution >= 4 is 11.5 Å². The molecule has 1 saturated heterocycles. The molecule has 1 heterocycles. The van der Waals surface area contributed by atoms with Crippen molar-refractivity contribution < 1.29 is 9.53 Å². The van der Waals surface area contributed by atoms with Gasteiger partial charge >= 0.3 is 5.97 Å². The fourth-order valence-corrected chi connectivity index (χ4v) is 4.43. The Morgan fingerprint density at radius 1 is 0.968 bits per heavy atom. The lowest BCUT2D eigenvalue weighted by atomic mass is 9.96. The summed E-state index contributed by atoms with van der Waals surface area (Å²) in [5.74, 6) is 0.0693. The molecule has 0 N–H and O–H groups in total. The molecule has 0 aliphatic carbocycles. The number of nitrogens with zero attached hydrogens (tertiary/aromatic N) is 1. The van der Waals surface area contributed by atoms with E-state index in [9.17, 15) is 4.79 Å². The van der Waals surface area contributed by atoms with E-state index in [1.54, 1.807) is 0 Å². The molecule has 0 radical (unpaired) electrons. The van der Waals surface area contributed by atoms with Crippen molar-refractivity contribution in [1.82, 2.24) is 4.90 Å². The number of rotatable bonds is 11. The van der Waals surface area contributed by atoms with Gasteiger partial charge in [0.15, 0.2) is 0 Å². The molecule has 0 amide bonds. The van der Waals surface area contributed by atoms with Crippen molar-refractivity contribution in [2.24, 2.45) is 5.92 Å². The quantitative estimate of drug-likeness (QED) is 0.314. The van der Waals surface area contributed by atoms with Crippen LogP contribution in [0.3, 0.4) is 0 Å². The molecule has 0 bridgehead atoms. The van der Waals surface area contributed by atoms with E-state index in [1.807, 2.05) is 6.92 Å². The van der Waals surface area contributed by atoms with E-state index in [-0.39, 0.29) is 11.9 Å². The summed E-state index contributed by atoms with van der Waals surface area (Å²) in [5, 5.41) is 0. The second-order valence-corrected chi connectivity index (χ2v) is 8.44. The van der Waals surface area contributed by atoms with Gasteiger partial charge in [0.1, 0.15) is 0 Å². The van der Waals surface area contributed by atoms with Crippen LogP contribution in [0.1, 0.15) is 63.0 Å². The van der Waals surface area contributed by atoms with Crippen molar-refractivity contribution in [1.29, 1.82) is 0 Å². The predicted molar refractivity (Wildman–Crippen MR) is 129 cm³/mol. The number of carbonyl (C=O) groups excluding carboxylic acids is 1. The molecule has 1 aliphatic rings. The molecule has 2 aromatic rings. The number of unbranched alkanes of at least 4 members (excludes halogenated alkanes) is 4. The minimum atomic E-state index is -0.00776. The first-order valence-electron chi connectivity index (χ1n) is 12.0. The molecule has 0 unspecified atom stereocenters. The molecule has 0 spiro atoms. The second-order valence-electron chi connectivity index (χ2n) is 8.44. The Labute approximate surface area is 188 Å². The van der Waals surface area contributed by atoms with Gasteiger partial charge in [-0.2, -0.15) is 0 Å². The number of hydrogen-bond donors (Lipinski definition) is 0. The van der Waals surface area contributed by atoms with Gasteiger partial charge in [0.25, 0.3) is 0 Å². The number of esters is 1. The molecule has 3 heteroatoms. The highest BCUT2D eigenvalue weighted by Crippen LogP contribution is 2.24. The standard InChI is InChI=1S/C28H37NO2/c1-2-31-28(30)26-19-14-22-29(23-26)21-13-5-3-4-12-20-27(24-15-8-6-9-16-24)25-17-10-7-11-18-25/h6-11,15-18,20,26H,2-5,12-14,19,21-23H2,1H3/t26-/m1/s1. The van der Waals surface area contributed by atoms with Gasteiger partial charge in [-0.05, 0) is 68.8 Å². The number of carbonyl (C=O) groups is 1. The van der Waals surface area contributed by atoms with E-state index < -0.39 is 0 Å². The molecule has 1 aliphatic heterocycles. The number of likely N-dealkylation sites (tertiary alicyclic amines) is 1.